The number of β-amino-alcohol motifs (C(OH)–C–C–N with tert-alkyl or cyclic N) is 1. The van der Waals surface area contributed by atoms with Crippen molar-refractivity contribution in [1.29, 1.82) is 0 Å². The van der Waals surface area contributed by atoms with Crippen LogP contribution in [-0.2, 0) is 4.79 Å². The number of benzene rings is 1. The molecule has 1 unspecified atom stereocenters. The molecule has 2 N–H and O–H groups in total. The second kappa shape index (κ2) is 5.29. The second-order valence-electron chi connectivity index (χ2n) is 4.42. The standard InChI is InChI=1S/C13H17NO3/c15-12(10-5-2-1-3-6-10)9-14-8-4-7-11(14)13(16)17/h1-3,5-6,11-12,15H,4,7-9H2,(H,16,17)/t11-,12?/m0/s1. The monoisotopic (exact) mass is 235 g/mol. The van der Waals surface area contributed by atoms with Crippen LogP contribution in [0.25, 0.3) is 0 Å². The van der Waals surface area contributed by atoms with Gasteiger partial charge in [-0.15, -0.1) is 0 Å². The van der Waals surface area contributed by atoms with Gasteiger partial charge in [-0.05, 0) is 24.9 Å². The highest BCUT2D eigenvalue weighted by atomic mass is 16.4. The highest BCUT2D eigenvalue weighted by Gasteiger charge is 2.31. The number of hydrogen-bond acceptors (Lipinski definition) is 3. The number of hydrogen-bond donors (Lipinski definition) is 2. The summed E-state index contributed by atoms with van der Waals surface area (Å²) in [5.41, 5.74) is 0.837. The molecule has 0 aliphatic carbocycles. The molecule has 1 aromatic rings. The number of nitrogens with zero attached hydrogens (tertiary/aromatic N) is 1. The smallest absolute Gasteiger partial charge is 0.320 e. The summed E-state index contributed by atoms with van der Waals surface area (Å²) in [6, 6.07) is 8.92. The third-order valence-corrected chi connectivity index (χ3v) is 3.24. The van der Waals surface area contributed by atoms with Gasteiger partial charge in [-0.2, -0.15) is 0 Å². The maximum atomic E-state index is 11.0. The summed E-state index contributed by atoms with van der Waals surface area (Å²) in [5, 5.41) is 19.1. The fourth-order valence-corrected chi connectivity index (χ4v) is 2.33. The third kappa shape index (κ3) is 2.84. The maximum Gasteiger partial charge on any atom is 0.320 e. The van der Waals surface area contributed by atoms with E-state index >= 15 is 0 Å². The minimum atomic E-state index is -0.789. The molecule has 92 valence electrons. The van der Waals surface area contributed by atoms with Crippen LogP contribution in [0.1, 0.15) is 24.5 Å². The number of carbonyl (C=O) groups is 1. The highest BCUT2D eigenvalue weighted by molar-refractivity contribution is 5.73. The zero-order valence-corrected chi connectivity index (χ0v) is 9.62. The maximum absolute atomic E-state index is 11.0. The van der Waals surface area contributed by atoms with Crippen molar-refractivity contribution in [2.24, 2.45) is 0 Å². The van der Waals surface area contributed by atoms with Crippen LogP contribution >= 0.6 is 0 Å². The normalized spacial score (nSPS) is 22.5. The van der Waals surface area contributed by atoms with E-state index in [4.69, 9.17) is 5.11 Å². The fraction of sp³-hybridized carbons (Fsp3) is 0.462. The van der Waals surface area contributed by atoms with E-state index in [-0.39, 0.29) is 0 Å². The predicted octanol–water partition coefficient (Wildman–Crippen LogP) is 1.27. The van der Waals surface area contributed by atoms with E-state index < -0.39 is 18.1 Å². The average molecular weight is 235 g/mol. The molecule has 1 aliphatic heterocycles. The van der Waals surface area contributed by atoms with E-state index in [1.807, 2.05) is 35.2 Å². The van der Waals surface area contributed by atoms with Gasteiger partial charge in [0.15, 0.2) is 0 Å². The van der Waals surface area contributed by atoms with E-state index in [0.717, 1.165) is 18.5 Å². The van der Waals surface area contributed by atoms with Crippen LogP contribution in [0.15, 0.2) is 30.3 Å². The summed E-state index contributed by atoms with van der Waals surface area (Å²) in [7, 11) is 0. The Morgan fingerprint density at radius 1 is 1.41 bits per heavy atom. The van der Waals surface area contributed by atoms with Gasteiger partial charge in [0.25, 0.3) is 0 Å². The number of carboxylic acids is 1. The number of aliphatic hydroxyl groups is 1. The van der Waals surface area contributed by atoms with Gasteiger partial charge in [-0.25, -0.2) is 0 Å². The van der Waals surface area contributed by atoms with E-state index in [2.05, 4.69) is 0 Å². The van der Waals surface area contributed by atoms with Gasteiger partial charge in [0, 0.05) is 6.54 Å². The Balaban J connectivity index is 1.99. The van der Waals surface area contributed by atoms with E-state index in [0.29, 0.717) is 13.0 Å². The average Bonchev–Trinajstić information content (AvgIpc) is 2.78. The van der Waals surface area contributed by atoms with E-state index in [9.17, 15) is 9.90 Å². The minimum absolute atomic E-state index is 0.390. The van der Waals surface area contributed by atoms with Crippen molar-refractivity contribution in [2.75, 3.05) is 13.1 Å². The van der Waals surface area contributed by atoms with Crippen LogP contribution in [0, 0.1) is 0 Å². The van der Waals surface area contributed by atoms with E-state index in [1.165, 1.54) is 0 Å². The lowest BCUT2D eigenvalue weighted by molar-refractivity contribution is -0.142. The number of carboxylic acid groups (broad SMARTS) is 1. The molecule has 0 amide bonds. The number of rotatable bonds is 4. The summed E-state index contributed by atoms with van der Waals surface area (Å²) in [6.45, 7) is 1.14. The fourth-order valence-electron chi connectivity index (χ4n) is 2.33. The molecule has 0 radical (unpaired) electrons. The molecule has 0 bridgehead atoms. The first-order valence-corrected chi connectivity index (χ1v) is 5.88. The van der Waals surface area contributed by atoms with E-state index in [1.54, 1.807) is 0 Å². The molecular weight excluding hydrogens is 218 g/mol. The van der Waals surface area contributed by atoms with Gasteiger partial charge < -0.3 is 10.2 Å². The molecule has 1 fully saturated rings. The molecule has 0 spiro atoms. The van der Waals surface area contributed by atoms with Gasteiger partial charge in [-0.3, -0.25) is 9.69 Å². The quantitative estimate of drug-likeness (QED) is 0.825. The molecule has 0 saturated carbocycles. The minimum Gasteiger partial charge on any atom is -0.480 e. The Hall–Kier alpha value is -1.39. The summed E-state index contributed by atoms with van der Waals surface area (Å²) in [6.07, 6.45) is 0.950. The lowest BCUT2D eigenvalue weighted by atomic mass is 10.1. The second-order valence-corrected chi connectivity index (χ2v) is 4.42. The summed E-state index contributed by atoms with van der Waals surface area (Å²) < 4.78 is 0. The van der Waals surface area contributed by atoms with Crippen molar-refractivity contribution in [2.45, 2.75) is 25.0 Å². The lowest BCUT2D eigenvalue weighted by Crippen LogP contribution is -2.38. The summed E-state index contributed by atoms with van der Waals surface area (Å²) in [5.74, 6) is -0.789. The van der Waals surface area contributed by atoms with Gasteiger partial charge in [0.05, 0.1) is 6.10 Å². The van der Waals surface area contributed by atoms with Crippen molar-refractivity contribution >= 4 is 5.97 Å². The first-order valence-electron chi connectivity index (χ1n) is 5.88. The largest absolute Gasteiger partial charge is 0.480 e. The Bertz CT molecular complexity index is 380. The van der Waals surface area contributed by atoms with Crippen molar-refractivity contribution in [1.82, 2.24) is 4.90 Å². The molecule has 1 aromatic carbocycles. The molecule has 0 aromatic heterocycles. The zero-order valence-electron chi connectivity index (χ0n) is 9.62. The SMILES string of the molecule is O=C(O)[C@@H]1CCCN1CC(O)c1ccccc1. The molecule has 4 nitrogen and oxygen atoms in total. The molecule has 4 heteroatoms. The van der Waals surface area contributed by atoms with Crippen molar-refractivity contribution in [3.8, 4) is 0 Å². The number of likely N-dealkylation sites (tertiary alicyclic amines) is 1. The number of aliphatic hydroxyl groups excluding tert-OH is 1. The first-order chi connectivity index (χ1) is 8.18. The molecule has 17 heavy (non-hydrogen) atoms. The zero-order chi connectivity index (χ0) is 12.3. The molecule has 2 rings (SSSR count). The van der Waals surface area contributed by atoms with Gasteiger partial charge in [0.2, 0.25) is 0 Å². The Labute approximate surface area is 100 Å². The van der Waals surface area contributed by atoms with Crippen LogP contribution in [0.4, 0.5) is 0 Å². The van der Waals surface area contributed by atoms with Gasteiger partial charge in [0.1, 0.15) is 6.04 Å². The van der Waals surface area contributed by atoms with Crippen molar-refractivity contribution in [3.63, 3.8) is 0 Å². The predicted molar refractivity (Wildman–Crippen MR) is 63.6 cm³/mol. The van der Waals surface area contributed by atoms with Gasteiger partial charge >= 0.3 is 5.97 Å². The third-order valence-electron chi connectivity index (χ3n) is 3.24. The Kier molecular flexibility index (Phi) is 3.76. The van der Waals surface area contributed by atoms with Crippen molar-refractivity contribution in [3.05, 3.63) is 35.9 Å². The highest BCUT2D eigenvalue weighted by Crippen LogP contribution is 2.21. The van der Waals surface area contributed by atoms with Crippen LogP contribution in [0.3, 0.4) is 0 Å². The summed E-state index contributed by atoms with van der Waals surface area (Å²) in [4.78, 5) is 12.9. The molecule has 2 atom stereocenters. The summed E-state index contributed by atoms with van der Waals surface area (Å²) >= 11 is 0. The lowest BCUT2D eigenvalue weighted by Gasteiger charge is -2.24. The van der Waals surface area contributed by atoms with Crippen LogP contribution in [0.5, 0.6) is 0 Å². The van der Waals surface area contributed by atoms with Crippen LogP contribution in [-0.4, -0.2) is 40.2 Å². The van der Waals surface area contributed by atoms with Crippen LogP contribution < -0.4 is 0 Å². The first kappa shape index (κ1) is 12.1. The molecule has 1 saturated heterocycles. The van der Waals surface area contributed by atoms with Crippen molar-refractivity contribution < 1.29 is 15.0 Å². The molecular formula is C13H17NO3. The Morgan fingerprint density at radius 3 is 2.76 bits per heavy atom. The topological polar surface area (TPSA) is 60.8 Å². The number of aliphatic carboxylic acids is 1. The molecule has 1 heterocycles. The molecule has 1 aliphatic rings. The van der Waals surface area contributed by atoms with Crippen LogP contribution in [0.2, 0.25) is 0 Å². The Morgan fingerprint density at radius 2 is 2.12 bits per heavy atom. The van der Waals surface area contributed by atoms with Gasteiger partial charge in [-0.1, -0.05) is 30.3 Å².